The van der Waals surface area contributed by atoms with Gasteiger partial charge < -0.3 is 4.98 Å². The summed E-state index contributed by atoms with van der Waals surface area (Å²) in [6.45, 7) is 0. The molecule has 3 rings (SSSR count). The maximum Gasteiger partial charge on any atom is 0.264 e. The van der Waals surface area contributed by atoms with E-state index in [4.69, 9.17) is 5.26 Å². The fraction of sp³-hybridized carbons (Fsp3) is 0. The molecule has 2 aromatic carbocycles. The number of sulfonamides is 1. The van der Waals surface area contributed by atoms with Crippen molar-refractivity contribution in [1.29, 1.82) is 5.26 Å². The molecule has 1 aromatic heterocycles. The first kappa shape index (κ1) is 17.2. The van der Waals surface area contributed by atoms with E-state index in [2.05, 4.69) is 25.6 Å². The molecule has 2 N–H and O–H groups in total. The average Bonchev–Trinajstić information content (AvgIpc) is 3.00. The highest BCUT2D eigenvalue weighted by Crippen LogP contribution is 2.35. The number of aromatic nitrogens is 1. The quantitative estimate of drug-likeness (QED) is 0.662. The lowest BCUT2D eigenvalue weighted by Crippen LogP contribution is -2.14. The lowest BCUT2D eigenvalue weighted by molar-refractivity contribution is 0.599. The van der Waals surface area contributed by atoms with Gasteiger partial charge in [-0.2, -0.15) is 5.26 Å². The van der Waals surface area contributed by atoms with Crippen LogP contribution in [0.2, 0.25) is 0 Å². The fourth-order valence-electron chi connectivity index (χ4n) is 2.33. The number of H-pyrrole nitrogens is 1. The Bertz CT molecular complexity index is 1070. The molecule has 0 bridgehead atoms. The van der Waals surface area contributed by atoms with Crippen LogP contribution in [0, 0.1) is 17.1 Å². The molecule has 126 valence electrons. The third-order valence-corrected chi connectivity index (χ3v) is 5.51. The number of aromatic amines is 1. The highest BCUT2D eigenvalue weighted by atomic mass is 79.9. The van der Waals surface area contributed by atoms with Crippen LogP contribution in [0.1, 0.15) is 5.56 Å². The van der Waals surface area contributed by atoms with E-state index in [1.165, 1.54) is 18.3 Å². The Kier molecular flexibility index (Phi) is 4.61. The minimum atomic E-state index is -4.05. The summed E-state index contributed by atoms with van der Waals surface area (Å²) in [5.74, 6) is -0.821. The Labute approximate surface area is 152 Å². The molecule has 0 radical (unpaired) electrons. The zero-order valence-electron chi connectivity index (χ0n) is 12.6. The SMILES string of the molecule is N#Cc1ccc(NS(=O)(=O)c2c[nH]c(Br)c2-c2ccccc2)c(F)c1. The van der Waals surface area contributed by atoms with Crippen LogP contribution in [-0.4, -0.2) is 13.4 Å². The first-order chi connectivity index (χ1) is 11.9. The normalized spacial score (nSPS) is 11.1. The number of nitrogens with one attached hydrogen (secondary N) is 2. The van der Waals surface area contributed by atoms with Gasteiger partial charge in [-0.1, -0.05) is 30.3 Å². The van der Waals surface area contributed by atoms with E-state index in [0.717, 1.165) is 6.07 Å². The third-order valence-electron chi connectivity index (χ3n) is 3.49. The first-order valence-corrected chi connectivity index (χ1v) is 9.35. The topological polar surface area (TPSA) is 85.8 Å². The number of nitrogens with zero attached hydrogens (tertiary/aromatic N) is 1. The molecule has 1 heterocycles. The predicted octanol–water partition coefficient (Wildman–Crippen LogP) is 4.26. The number of anilines is 1. The molecule has 0 saturated carbocycles. The van der Waals surface area contributed by atoms with E-state index in [0.29, 0.717) is 15.7 Å². The van der Waals surface area contributed by atoms with Crippen LogP contribution in [0.5, 0.6) is 0 Å². The van der Waals surface area contributed by atoms with E-state index in [1.807, 2.05) is 6.07 Å². The van der Waals surface area contributed by atoms with Gasteiger partial charge >= 0.3 is 0 Å². The van der Waals surface area contributed by atoms with Crippen LogP contribution in [-0.2, 0) is 10.0 Å². The third kappa shape index (κ3) is 3.43. The van der Waals surface area contributed by atoms with Crippen molar-refractivity contribution in [1.82, 2.24) is 4.98 Å². The molecular formula is C17H11BrFN3O2S. The summed E-state index contributed by atoms with van der Waals surface area (Å²) >= 11 is 3.31. The van der Waals surface area contributed by atoms with E-state index in [1.54, 1.807) is 30.3 Å². The minimum Gasteiger partial charge on any atom is -0.354 e. The summed E-state index contributed by atoms with van der Waals surface area (Å²) in [6.07, 6.45) is 1.33. The summed E-state index contributed by atoms with van der Waals surface area (Å²) in [5.41, 5.74) is 1.02. The lowest BCUT2D eigenvalue weighted by Gasteiger charge is -2.10. The molecule has 0 aliphatic heterocycles. The summed E-state index contributed by atoms with van der Waals surface area (Å²) in [4.78, 5) is 2.80. The molecule has 0 aliphatic rings. The average molecular weight is 420 g/mol. The van der Waals surface area contributed by atoms with Gasteiger partial charge in [-0.25, -0.2) is 12.8 Å². The van der Waals surface area contributed by atoms with Crippen molar-refractivity contribution in [3.63, 3.8) is 0 Å². The summed E-state index contributed by atoms with van der Waals surface area (Å²) in [7, 11) is -4.05. The Morgan fingerprint density at radius 1 is 1.16 bits per heavy atom. The number of hydrogen-bond donors (Lipinski definition) is 2. The number of hydrogen-bond acceptors (Lipinski definition) is 3. The van der Waals surface area contributed by atoms with Gasteiger partial charge in [0.2, 0.25) is 0 Å². The molecular weight excluding hydrogens is 409 g/mol. The van der Waals surface area contributed by atoms with Crippen molar-refractivity contribution in [2.45, 2.75) is 4.90 Å². The monoisotopic (exact) mass is 419 g/mol. The summed E-state index contributed by atoms with van der Waals surface area (Å²) in [6, 6.07) is 14.3. The van der Waals surface area contributed by atoms with Crippen molar-refractivity contribution < 1.29 is 12.8 Å². The summed E-state index contributed by atoms with van der Waals surface area (Å²) < 4.78 is 42.2. The molecule has 3 aromatic rings. The second kappa shape index (κ2) is 6.70. The highest BCUT2D eigenvalue weighted by Gasteiger charge is 2.24. The Morgan fingerprint density at radius 2 is 1.88 bits per heavy atom. The van der Waals surface area contributed by atoms with E-state index in [9.17, 15) is 12.8 Å². The maximum atomic E-state index is 14.0. The van der Waals surface area contributed by atoms with Crippen molar-refractivity contribution in [3.8, 4) is 17.2 Å². The van der Waals surface area contributed by atoms with Gasteiger partial charge in [-0.15, -0.1) is 0 Å². The summed E-state index contributed by atoms with van der Waals surface area (Å²) in [5, 5.41) is 8.76. The molecule has 0 fully saturated rings. The van der Waals surface area contributed by atoms with E-state index < -0.39 is 15.8 Å². The largest absolute Gasteiger partial charge is 0.354 e. The molecule has 0 saturated heterocycles. The maximum absolute atomic E-state index is 14.0. The molecule has 8 heteroatoms. The molecule has 0 atom stereocenters. The van der Waals surface area contributed by atoms with E-state index >= 15 is 0 Å². The lowest BCUT2D eigenvalue weighted by atomic mass is 10.1. The minimum absolute atomic E-state index is 0.0191. The number of rotatable bonds is 4. The second-order valence-electron chi connectivity index (χ2n) is 5.12. The van der Waals surface area contributed by atoms with Crippen LogP contribution >= 0.6 is 15.9 Å². The van der Waals surface area contributed by atoms with Crippen LogP contribution in [0.3, 0.4) is 0 Å². The Hall–Kier alpha value is -2.63. The predicted molar refractivity (Wildman–Crippen MR) is 95.9 cm³/mol. The molecule has 5 nitrogen and oxygen atoms in total. The molecule has 25 heavy (non-hydrogen) atoms. The van der Waals surface area contributed by atoms with Gasteiger partial charge in [0.05, 0.1) is 21.9 Å². The van der Waals surface area contributed by atoms with Gasteiger partial charge in [0.15, 0.2) is 0 Å². The molecule has 0 aliphatic carbocycles. The highest BCUT2D eigenvalue weighted by molar-refractivity contribution is 9.10. The molecule has 0 amide bonds. The van der Waals surface area contributed by atoms with Crippen molar-refractivity contribution >= 4 is 31.6 Å². The van der Waals surface area contributed by atoms with Gasteiger partial charge in [0.25, 0.3) is 10.0 Å². The van der Waals surface area contributed by atoms with Crippen LogP contribution in [0.25, 0.3) is 11.1 Å². The van der Waals surface area contributed by atoms with Gasteiger partial charge in [0, 0.05) is 11.8 Å². The number of benzene rings is 2. The Balaban J connectivity index is 2.04. The molecule has 0 unspecified atom stereocenters. The standard InChI is InChI=1S/C17H11BrFN3O2S/c18-17-16(12-4-2-1-3-5-12)15(10-21-17)25(23,24)22-14-7-6-11(9-20)8-13(14)19/h1-8,10,21-22H. The van der Waals surface area contributed by atoms with Crippen LogP contribution in [0.15, 0.2) is 64.2 Å². The zero-order chi connectivity index (χ0) is 18.0. The zero-order valence-corrected chi connectivity index (χ0v) is 15.0. The van der Waals surface area contributed by atoms with Gasteiger partial charge in [-0.05, 0) is 39.7 Å². The van der Waals surface area contributed by atoms with Crippen molar-refractivity contribution in [2.75, 3.05) is 4.72 Å². The molecule has 0 spiro atoms. The van der Waals surface area contributed by atoms with Gasteiger partial charge in [0.1, 0.15) is 10.7 Å². The van der Waals surface area contributed by atoms with Crippen LogP contribution in [0.4, 0.5) is 10.1 Å². The van der Waals surface area contributed by atoms with Gasteiger partial charge in [-0.3, -0.25) is 4.72 Å². The smallest absolute Gasteiger partial charge is 0.264 e. The first-order valence-electron chi connectivity index (χ1n) is 7.07. The van der Waals surface area contributed by atoms with Crippen molar-refractivity contribution in [3.05, 3.63) is 70.7 Å². The Morgan fingerprint density at radius 3 is 2.52 bits per heavy atom. The number of nitriles is 1. The second-order valence-corrected chi connectivity index (χ2v) is 7.56. The fourth-order valence-corrected chi connectivity index (χ4v) is 4.29. The van der Waals surface area contributed by atoms with Crippen LogP contribution < -0.4 is 4.72 Å². The van der Waals surface area contributed by atoms with Crippen molar-refractivity contribution in [2.24, 2.45) is 0 Å². The van der Waals surface area contributed by atoms with E-state index in [-0.39, 0.29) is 16.1 Å². The number of halogens is 2.